The van der Waals surface area contributed by atoms with Gasteiger partial charge >= 0.3 is 0 Å². The first-order valence-electron chi connectivity index (χ1n) is 6.39. The fourth-order valence-electron chi connectivity index (χ4n) is 2.04. The van der Waals surface area contributed by atoms with Crippen LogP contribution < -0.4 is 0 Å². The van der Waals surface area contributed by atoms with Crippen LogP contribution in [0.3, 0.4) is 0 Å². The van der Waals surface area contributed by atoms with Crippen molar-refractivity contribution >= 4 is 11.5 Å². The minimum Gasteiger partial charge on any atom is -0.263 e. The van der Waals surface area contributed by atoms with Gasteiger partial charge in [0.15, 0.2) is 17.6 Å². The van der Waals surface area contributed by atoms with Crippen LogP contribution in [0, 0.1) is 20.8 Å². The van der Waals surface area contributed by atoms with Gasteiger partial charge in [0.05, 0.1) is 11.4 Å². The van der Waals surface area contributed by atoms with Gasteiger partial charge in [0.25, 0.3) is 0 Å². The van der Waals surface area contributed by atoms with E-state index in [1.54, 1.807) is 4.63 Å². The third-order valence-corrected chi connectivity index (χ3v) is 2.88. The minimum atomic E-state index is 0.0868. The van der Waals surface area contributed by atoms with Gasteiger partial charge < -0.3 is 0 Å². The van der Waals surface area contributed by atoms with Crippen molar-refractivity contribution < 1.29 is 0 Å². The van der Waals surface area contributed by atoms with Crippen LogP contribution in [-0.2, 0) is 0 Å². The Morgan fingerprint density at radius 1 is 1.10 bits per heavy atom. The van der Waals surface area contributed by atoms with Crippen molar-refractivity contribution in [1.82, 2.24) is 29.6 Å². The summed E-state index contributed by atoms with van der Waals surface area (Å²) in [6.45, 7) is 7.77. The topological polar surface area (TPSA) is 88.5 Å². The van der Waals surface area contributed by atoms with E-state index in [0.29, 0.717) is 0 Å². The number of aryl methyl sites for hydroxylation is 3. The highest BCUT2D eigenvalue weighted by Crippen LogP contribution is 2.27. The predicted octanol–water partition coefficient (Wildman–Crippen LogP) is 2.48. The maximum Gasteiger partial charge on any atom is 0.175 e. The molecule has 3 aromatic heterocycles. The second-order valence-corrected chi connectivity index (χ2v) is 4.80. The van der Waals surface area contributed by atoms with Crippen molar-refractivity contribution in [3.63, 3.8) is 0 Å². The fourth-order valence-corrected chi connectivity index (χ4v) is 2.04. The summed E-state index contributed by atoms with van der Waals surface area (Å²) in [4.78, 5) is 4.18. The second-order valence-electron chi connectivity index (χ2n) is 4.80. The van der Waals surface area contributed by atoms with Gasteiger partial charge in [0.2, 0.25) is 0 Å². The van der Waals surface area contributed by atoms with E-state index in [2.05, 4.69) is 30.5 Å². The third-order valence-electron chi connectivity index (χ3n) is 2.88. The molecule has 104 valence electrons. The summed E-state index contributed by atoms with van der Waals surface area (Å²) in [6.07, 6.45) is 0.0868. The molecule has 0 spiro atoms. The number of rotatable bonds is 0. The molecular weight excluding hydrogens is 256 g/mol. The lowest BCUT2D eigenvalue weighted by Crippen LogP contribution is -1.98. The summed E-state index contributed by atoms with van der Waals surface area (Å²) < 4.78 is 3.49. The summed E-state index contributed by atoms with van der Waals surface area (Å²) in [5.74, 6) is 1.76. The van der Waals surface area contributed by atoms with Gasteiger partial charge in [-0.05, 0) is 27.7 Å². The molecule has 0 amide bonds. The molecule has 8 nitrogen and oxygen atoms in total. The summed E-state index contributed by atoms with van der Waals surface area (Å²) in [5.41, 5.74) is 2.87. The Morgan fingerprint density at radius 2 is 1.85 bits per heavy atom. The van der Waals surface area contributed by atoms with E-state index in [4.69, 9.17) is 0 Å². The number of nitrogens with one attached hydrogen (secondary N) is 1. The number of azo groups is 1. The molecule has 1 N–H and O–H groups in total. The molecule has 0 fully saturated rings. The molecule has 0 aliphatic carbocycles. The van der Waals surface area contributed by atoms with Crippen LogP contribution in [0.25, 0.3) is 5.65 Å². The highest BCUT2D eigenvalue weighted by Gasteiger charge is 2.15. The van der Waals surface area contributed by atoms with Crippen molar-refractivity contribution in [2.45, 2.75) is 33.9 Å². The Hall–Kier alpha value is -2.51. The van der Waals surface area contributed by atoms with Crippen LogP contribution in [0.15, 0.2) is 22.4 Å². The standard InChI is InChI=1S/2C6H8N4/c1-4-3-6-8-7-5(2)10(6)9-4;1-4-3-6-7-5(2)9-10(6)8-4/h3,5H,1-2H3;3H,1-2H3,(H,7,9). The maximum atomic E-state index is 4.20. The first-order chi connectivity index (χ1) is 9.52. The van der Waals surface area contributed by atoms with Crippen LogP contribution in [0.2, 0.25) is 0 Å². The monoisotopic (exact) mass is 272 g/mol. The molecule has 4 rings (SSSR count). The Balaban J connectivity index is 0.000000121. The molecule has 0 bridgehead atoms. The number of hydrogen-bond acceptors (Lipinski definition) is 5. The lowest BCUT2D eigenvalue weighted by molar-refractivity contribution is 0.534. The van der Waals surface area contributed by atoms with Crippen LogP contribution in [-0.4, -0.2) is 29.6 Å². The molecule has 0 saturated carbocycles. The molecule has 1 aliphatic heterocycles. The quantitative estimate of drug-likeness (QED) is 0.681. The van der Waals surface area contributed by atoms with Crippen LogP contribution in [0.4, 0.5) is 5.82 Å². The summed E-state index contributed by atoms with van der Waals surface area (Å²) >= 11 is 0. The van der Waals surface area contributed by atoms with E-state index in [1.165, 1.54) is 0 Å². The molecule has 0 aromatic carbocycles. The fraction of sp³-hybridized carbons (Fsp3) is 0.417. The van der Waals surface area contributed by atoms with Crippen molar-refractivity contribution in [2.24, 2.45) is 10.2 Å². The second kappa shape index (κ2) is 4.55. The smallest absolute Gasteiger partial charge is 0.175 e. The highest BCUT2D eigenvalue weighted by atomic mass is 15.5. The average Bonchev–Trinajstić information content (AvgIpc) is 3.04. The number of hydrogen-bond donors (Lipinski definition) is 1. The number of aromatic nitrogens is 6. The first kappa shape index (κ1) is 12.5. The van der Waals surface area contributed by atoms with E-state index in [1.807, 2.05) is 44.5 Å². The molecule has 3 aromatic rings. The van der Waals surface area contributed by atoms with E-state index in [9.17, 15) is 0 Å². The number of H-pyrrole nitrogens is 1. The van der Waals surface area contributed by atoms with Gasteiger partial charge in [-0.2, -0.15) is 19.9 Å². The lowest BCUT2D eigenvalue weighted by Gasteiger charge is -1.97. The first-order valence-corrected chi connectivity index (χ1v) is 6.39. The maximum absolute atomic E-state index is 4.20. The van der Waals surface area contributed by atoms with Gasteiger partial charge in [-0.15, -0.1) is 5.11 Å². The van der Waals surface area contributed by atoms with E-state index >= 15 is 0 Å². The lowest BCUT2D eigenvalue weighted by atomic mass is 10.5. The van der Waals surface area contributed by atoms with Crippen molar-refractivity contribution in [2.75, 3.05) is 0 Å². The number of aromatic amines is 1. The summed E-state index contributed by atoms with van der Waals surface area (Å²) in [5, 5.41) is 19.2. The number of fused-ring (bicyclic) bond motifs is 2. The van der Waals surface area contributed by atoms with Gasteiger partial charge in [-0.25, -0.2) is 9.67 Å². The van der Waals surface area contributed by atoms with Gasteiger partial charge in [-0.3, -0.25) is 5.10 Å². The molecule has 8 heteroatoms. The summed E-state index contributed by atoms with van der Waals surface area (Å²) in [6, 6.07) is 3.86. The zero-order chi connectivity index (χ0) is 14.3. The Morgan fingerprint density at radius 3 is 2.55 bits per heavy atom. The highest BCUT2D eigenvalue weighted by molar-refractivity contribution is 5.37. The average molecular weight is 272 g/mol. The molecule has 4 heterocycles. The normalized spacial score (nSPS) is 16.3. The van der Waals surface area contributed by atoms with Crippen LogP contribution >= 0.6 is 0 Å². The zero-order valence-electron chi connectivity index (χ0n) is 11.9. The van der Waals surface area contributed by atoms with Crippen LogP contribution in [0.5, 0.6) is 0 Å². The van der Waals surface area contributed by atoms with Crippen molar-refractivity contribution in [3.8, 4) is 0 Å². The summed E-state index contributed by atoms with van der Waals surface area (Å²) in [7, 11) is 0. The largest absolute Gasteiger partial charge is 0.263 e. The van der Waals surface area contributed by atoms with E-state index in [-0.39, 0.29) is 6.17 Å². The minimum absolute atomic E-state index is 0.0868. The van der Waals surface area contributed by atoms with Gasteiger partial charge in [0.1, 0.15) is 5.82 Å². The molecule has 0 saturated heterocycles. The number of nitrogens with zero attached hydrogens (tertiary/aromatic N) is 7. The Bertz CT molecular complexity index is 712. The molecule has 20 heavy (non-hydrogen) atoms. The molecule has 1 aliphatic rings. The van der Waals surface area contributed by atoms with Crippen LogP contribution in [0.1, 0.15) is 30.3 Å². The molecule has 1 unspecified atom stereocenters. The third kappa shape index (κ3) is 2.20. The molecule has 1 atom stereocenters. The zero-order valence-corrected chi connectivity index (χ0v) is 11.9. The van der Waals surface area contributed by atoms with Gasteiger partial charge in [0, 0.05) is 12.1 Å². The van der Waals surface area contributed by atoms with Gasteiger partial charge in [-0.1, -0.05) is 0 Å². The Kier molecular flexibility index (Phi) is 2.85. The Labute approximate surface area is 115 Å². The SMILES string of the molecule is Cc1cc2n(n1)C(C)N=N2.Cc1cc2nc(C)[nH]n2n1. The molecule has 0 radical (unpaired) electrons. The predicted molar refractivity (Wildman–Crippen MR) is 73.0 cm³/mol. The van der Waals surface area contributed by atoms with Crippen molar-refractivity contribution in [3.05, 3.63) is 29.3 Å². The van der Waals surface area contributed by atoms with Crippen molar-refractivity contribution in [1.29, 1.82) is 0 Å². The molecular formula is C12H16N8. The van der Waals surface area contributed by atoms with E-state index in [0.717, 1.165) is 28.7 Å². The van der Waals surface area contributed by atoms with E-state index < -0.39 is 0 Å².